The van der Waals surface area contributed by atoms with E-state index in [4.69, 9.17) is 0 Å². The molecule has 158 valence electrons. The van der Waals surface area contributed by atoms with Gasteiger partial charge in [-0.05, 0) is 47.2 Å². The Hall–Kier alpha value is -3.47. The molecule has 1 unspecified atom stereocenters. The van der Waals surface area contributed by atoms with Crippen molar-refractivity contribution in [1.82, 2.24) is 15.2 Å². The molecule has 31 heavy (non-hydrogen) atoms. The normalized spacial score (nSPS) is 16.5. The Morgan fingerprint density at radius 1 is 1.10 bits per heavy atom. The number of nitrogens with zero attached hydrogens (tertiary/aromatic N) is 2. The molecule has 1 aliphatic heterocycles. The lowest BCUT2D eigenvalue weighted by Crippen LogP contribution is -2.38. The third-order valence-electron chi connectivity index (χ3n) is 5.79. The molecule has 2 aromatic carbocycles. The first kappa shape index (κ1) is 20.8. The van der Waals surface area contributed by atoms with Crippen LogP contribution >= 0.6 is 0 Å². The topological polar surface area (TPSA) is 62.3 Å². The number of pyridine rings is 1. The minimum atomic E-state index is -0.271. The number of rotatable bonds is 5. The lowest BCUT2D eigenvalue weighted by molar-refractivity contribution is -0.131. The Morgan fingerprint density at radius 2 is 1.94 bits per heavy atom. The summed E-state index contributed by atoms with van der Waals surface area (Å²) in [4.78, 5) is 31.4. The van der Waals surface area contributed by atoms with E-state index in [0.717, 1.165) is 16.7 Å². The lowest BCUT2D eigenvalue weighted by Gasteiger charge is -2.23. The number of hydrogen-bond donors (Lipinski definition) is 1. The Morgan fingerprint density at radius 3 is 2.74 bits per heavy atom. The zero-order valence-corrected chi connectivity index (χ0v) is 17.8. The molecule has 0 radical (unpaired) electrons. The molecule has 0 saturated carbocycles. The minimum Gasteiger partial charge on any atom is -0.354 e. The van der Waals surface area contributed by atoms with Gasteiger partial charge in [0.15, 0.2) is 0 Å². The quantitative estimate of drug-likeness (QED) is 0.697. The van der Waals surface area contributed by atoms with Gasteiger partial charge in [0, 0.05) is 32.0 Å². The number of carbonyl (C=O) groups is 2. The van der Waals surface area contributed by atoms with Crippen molar-refractivity contribution in [3.63, 3.8) is 0 Å². The van der Waals surface area contributed by atoms with Crippen LogP contribution in [-0.2, 0) is 22.4 Å². The molecule has 5 nitrogen and oxygen atoms in total. The smallest absolute Gasteiger partial charge is 0.227 e. The van der Waals surface area contributed by atoms with E-state index in [1.807, 2.05) is 30.3 Å². The van der Waals surface area contributed by atoms with Crippen molar-refractivity contribution < 1.29 is 9.59 Å². The van der Waals surface area contributed by atoms with Gasteiger partial charge in [-0.3, -0.25) is 14.6 Å². The first-order valence-corrected chi connectivity index (χ1v) is 10.7. The fourth-order valence-corrected chi connectivity index (χ4v) is 4.12. The Bertz CT molecular complexity index is 1070. The predicted octanol–water partition coefficient (Wildman–Crippen LogP) is 3.42. The number of hydrogen-bond acceptors (Lipinski definition) is 3. The van der Waals surface area contributed by atoms with E-state index in [9.17, 15) is 9.59 Å². The number of aryl methyl sites for hydroxylation is 1. The van der Waals surface area contributed by atoms with E-state index in [2.05, 4.69) is 47.6 Å². The zero-order valence-electron chi connectivity index (χ0n) is 17.8. The number of carbonyl (C=O) groups excluding carboxylic acids is 2. The van der Waals surface area contributed by atoms with Gasteiger partial charge in [0.1, 0.15) is 0 Å². The largest absolute Gasteiger partial charge is 0.354 e. The van der Waals surface area contributed by atoms with Crippen LogP contribution in [0.5, 0.6) is 0 Å². The van der Waals surface area contributed by atoms with Gasteiger partial charge in [0.2, 0.25) is 11.8 Å². The van der Waals surface area contributed by atoms with Gasteiger partial charge in [-0.15, -0.1) is 0 Å². The number of amides is 2. The maximum atomic E-state index is 12.9. The van der Waals surface area contributed by atoms with Gasteiger partial charge < -0.3 is 10.2 Å². The van der Waals surface area contributed by atoms with Crippen molar-refractivity contribution in [3.05, 3.63) is 89.7 Å². The van der Waals surface area contributed by atoms with Crippen LogP contribution in [0.25, 0.3) is 11.1 Å². The van der Waals surface area contributed by atoms with Crippen molar-refractivity contribution in [3.8, 4) is 11.1 Å². The second kappa shape index (κ2) is 9.56. The molecule has 1 saturated heterocycles. The third kappa shape index (κ3) is 5.18. The van der Waals surface area contributed by atoms with E-state index in [1.165, 1.54) is 11.1 Å². The van der Waals surface area contributed by atoms with Gasteiger partial charge in [-0.2, -0.15) is 0 Å². The van der Waals surface area contributed by atoms with Gasteiger partial charge in [0.05, 0.1) is 12.3 Å². The molecule has 1 aromatic heterocycles. The Labute approximate surface area is 183 Å². The predicted molar refractivity (Wildman–Crippen MR) is 121 cm³/mol. The SMILES string of the molecule is Cc1ccccc1-c1cccc(CC2CN(C(=O)Cc3cccnc3)CCNC2=O)c1. The molecule has 2 heterocycles. The second-order valence-corrected chi connectivity index (χ2v) is 8.09. The zero-order chi connectivity index (χ0) is 21.6. The number of aromatic nitrogens is 1. The highest BCUT2D eigenvalue weighted by Crippen LogP contribution is 2.25. The molecule has 0 spiro atoms. The minimum absolute atomic E-state index is 0.0120. The summed E-state index contributed by atoms with van der Waals surface area (Å²) in [6.45, 7) is 3.55. The molecule has 1 aliphatic rings. The van der Waals surface area contributed by atoms with Crippen LogP contribution in [0.4, 0.5) is 0 Å². The summed E-state index contributed by atoms with van der Waals surface area (Å²) in [5.74, 6) is -0.228. The maximum Gasteiger partial charge on any atom is 0.227 e. The molecule has 0 aliphatic carbocycles. The maximum absolute atomic E-state index is 12.9. The summed E-state index contributed by atoms with van der Waals surface area (Å²) in [6, 6.07) is 20.4. The fraction of sp³-hybridized carbons (Fsp3) is 0.269. The third-order valence-corrected chi connectivity index (χ3v) is 5.79. The summed E-state index contributed by atoms with van der Waals surface area (Å²) < 4.78 is 0. The van der Waals surface area contributed by atoms with Gasteiger partial charge >= 0.3 is 0 Å². The van der Waals surface area contributed by atoms with Crippen molar-refractivity contribution in [2.24, 2.45) is 5.92 Å². The van der Waals surface area contributed by atoms with Gasteiger partial charge in [-0.1, -0.05) is 54.6 Å². The molecule has 0 bridgehead atoms. The van der Waals surface area contributed by atoms with Gasteiger partial charge in [-0.25, -0.2) is 0 Å². The van der Waals surface area contributed by atoms with Crippen LogP contribution in [0.3, 0.4) is 0 Å². The van der Waals surface area contributed by atoms with E-state index in [0.29, 0.717) is 32.5 Å². The highest BCUT2D eigenvalue weighted by molar-refractivity contribution is 5.83. The molecule has 4 rings (SSSR count). The Kier molecular flexibility index (Phi) is 6.41. The van der Waals surface area contributed by atoms with Crippen LogP contribution in [0.15, 0.2) is 73.1 Å². The summed E-state index contributed by atoms with van der Waals surface area (Å²) >= 11 is 0. The highest BCUT2D eigenvalue weighted by atomic mass is 16.2. The van der Waals surface area contributed by atoms with E-state index >= 15 is 0 Å². The molecular formula is C26H27N3O2. The monoisotopic (exact) mass is 413 g/mol. The highest BCUT2D eigenvalue weighted by Gasteiger charge is 2.27. The fourth-order valence-electron chi connectivity index (χ4n) is 4.12. The molecule has 1 N–H and O–H groups in total. The average Bonchev–Trinajstić information content (AvgIpc) is 2.96. The lowest BCUT2D eigenvalue weighted by atomic mass is 9.94. The second-order valence-electron chi connectivity index (χ2n) is 8.09. The number of nitrogens with one attached hydrogen (secondary N) is 1. The van der Waals surface area contributed by atoms with Crippen LogP contribution in [-0.4, -0.2) is 41.3 Å². The molecule has 1 fully saturated rings. The summed E-state index contributed by atoms with van der Waals surface area (Å²) in [7, 11) is 0. The number of benzene rings is 2. The molecule has 2 amide bonds. The summed E-state index contributed by atoms with van der Waals surface area (Å²) in [5, 5.41) is 2.97. The van der Waals surface area contributed by atoms with Crippen LogP contribution in [0.1, 0.15) is 16.7 Å². The van der Waals surface area contributed by atoms with E-state index in [1.54, 1.807) is 17.3 Å². The van der Waals surface area contributed by atoms with E-state index < -0.39 is 0 Å². The molecule has 1 atom stereocenters. The first-order valence-electron chi connectivity index (χ1n) is 10.7. The molecule has 5 heteroatoms. The Balaban J connectivity index is 1.49. The van der Waals surface area contributed by atoms with Crippen LogP contribution in [0, 0.1) is 12.8 Å². The standard InChI is InChI=1S/C26H27N3O2/c1-19-6-2-3-10-24(19)22-9-4-7-20(14-22)15-23-18-29(13-12-28-26(23)31)25(30)16-21-8-5-11-27-17-21/h2-11,14,17,23H,12-13,15-16,18H2,1H3,(H,28,31). The first-order chi connectivity index (χ1) is 15.1. The summed E-state index contributed by atoms with van der Waals surface area (Å²) in [6.07, 6.45) is 4.32. The molecule has 3 aromatic rings. The van der Waals surface area contributed by atoms with Crippen molar-refractivity contribution in [1.29, 1.82) is 0 Å². The van der Waals surface area contributed by atoms with Crippen LogP contribution in [0.2, 0.25) is 0 Å². The van der Waals surface area contributed by atoms with Crippen molar-refractivity contribution >= 4 is 11.8 Å². The summed E-state index contributed by atoms with van der Waals surface area (Å²) in [5.41, 5.74) is 5.55. The van der Waals surface area contributed by atoms with Crippen LogP contribution < -0.4 is 5.32 Å². The van der Waals surface area contributed by atoms with Gasteiger partial charge in [0.25, 0.3) is 0 Å². The van der Waals surface area contributed by atoms with Crippen molar-refractivity contribution in [2.75, 3.05) is 19.6 Å². The van der Waals surface area contributed by atoms with E-state index in [-0.39, 0.29) is 17.7 Å². The molecular weight excluding hydrogens is 386 g/mol. The average molecular weight is 414 g/mol. The van der Waals surface area contributed by atoms with Crippen molar-refractivity contribution in [2.45, 2.75) is 19.8 Å².